The molecule has 0 unspecified atom stereocenters. The van der Waals surface area contributed by atoms with Gasteiger partial charge in [0, 0.05) is 16.7 Å². The lowest BCUT2D eigenvalue weighted by Crippen LogP contribution is -2.04. The first-order chi connectivity index (χ1) is 8.29. The number of hydrogen-bond acceptors (Lipinski definition) is 3. The number of benzene rings is 1. The minimum Gasteiger partial charge on any atom is -0.489 e. The van der Waals surface area contributed by atoms with E-state index in [1.807, 2.05) is 0 Å². The van der Waals surface area contributed by atoms with Crippen molar-refractivity contribution in [3.8, 4) is 5.75 Å². The lowest BCUT2D eigenvalue weighted by Gasteiger charge is -2.09. The molecule has 3 nitrogen and oxygen atoms in total. The summed E-state index contributed by atoms with van der Waals surface area (Å²) in [5, 5.41) is 0. The molecular formula is C10H10BrClF2O3S. The average Bonchev–Trinajstić information content (AvgIpc) is 2.19. The third-order valence-electron chi connectivity index (χ3n) is 1.99. The van der Waals surface area contributed by atoms with Gasteiger partial charge in [0.2, 0.25) is 9.05 Å². The zero-order valence-electron chi connectivity index (χ0n) is 9.13. The molecule has 0 saturated heterocycles. The van der Waals surface area contributed by atoms with Crippen molar-refractivity contribution < 1.29 is 21.9 Å². The Balaban J connectivity index is 2.45. The van der Waals surface area contributed by atoms with Crippen molar-refractivity contribution in [1.29, 1.82) is 0 Å². The van der Waals surface area contributed by atoms with Crippen LogP contribution in [0.4, 0.5) is 8.78 Å². The van der Waals surface area contributed by atoms with Crippen LogP contribution in [0.5, 0.6) is 5.75 Å². The molecule has 0 radical (unpaired) electrons. The molecule has 0 N–H and O–H groups in total. The maximum atomic E-state index is 13.3. The predicted octanol–water partition coefficient (Wildman–Crippen LogP) is 3.45. The van der Waals surface area contributed by atoms with Crippen molar-refractivity contribution in [2.75, 3.05) is 12.4 Å². The summed E-state index contributed by atoms with van der Waals surface area (Å²) in [6, 6.07) is 1.80. The molecule has 0 atom stereocenters. The smallest absolute Gasteiger partial charge is 0.232 e. The summed E-state index contributed by atoms with van der Waals surface area (Å²) in [4.78, 5) is 0. The van der Waals surface area contributed by atoms with Crippen molar-refractivity contribution in [2.45, 2.75) is 12.8 Å². The second-order valence-electron chi connectivity index (χ2n) is 3.50. The van der Waals surface area contributed by atoms with Crippen LogP contribution in [0.15, 0.2) is 16.6 Å². The molecule has 0 bridgehead atoms. The second-order valence-corrected chi connectivity index (χ2v) is 7.25. The molecule has 18 heavy (non-hydrogen) atoms. The van der Waals surface area contributed by atoms with Gasteiger partial charge >= 0.3 is 0 Å². The van der Waals surface area contributed by atoms with Gasteiger partial charge in [0.25, 0.3) is 0 Å². The number of unbranched alkanes of at least 4 members (excludes halogenated alkanes) is 1. The molecular weight excluding hydrogens is 354 g/mol. The van der Waals surface area contributed by atoms with Crippen LogP contribution < -0.4 is 4.74 Å². The Morgan fingerprint density at radius 1 is 1.28 bits per heavy atom. The van der Waals surface area contributed by atoms with E-state index in [-0.39, 0.29) is 22.6 Å². The first kappa shape index (κ1) is 15.7. The Morgan fingerprint density at radius 2 is 1.94 bits per heavy atom. The second kappa shape index (κ2) is 6.68. The van der Waals surface area contributed by atoms with Crippen molar-refractivity contribution in [3.63, 3.8) is 0 Å². The van der Waals surface area contributed by atoms with Crippen molar-refractivity contribution >= 4 is 35.7 Å². The van der Waals surface area contributed by atoms with E-state index in [1.165, 1.54) is 0 Å². The van der Waals surface area contributed by atoms with Gasteiger partial charge in [-0.3, -0.25) is 0 Å². The lowest BCUT2D eigenvalue weighted by atomic mass is 10.3. The van der Waals surface area contributed by atoms with E-state index in [1.54, 1.807) is 0 Å². The molecule has 0 spiro atoms. The van der Waals surface area contributed by atoms with Gasteiger partial charge in [0.15, 0.2) is 11.6 Å². The summed E-state index contributed by atoms with van der Waals surface area (Å²) in [5.74, 6) is -1.78. The fourth-order valence-electron chi connectivity index (χ4n) is 1.22. The summed E-state index contributed by atoms with van der Waals surface area (Å²) in [6.45, 7) is 0.119. The third-order valence-corrected chi connectivity index (χ3v) is 3.82. The zero-order chi connectivity index (χ0) is 13.8. The largest absolute Gasteiger partial charge is 0.489 e. The maximum absolute atomic E-state index is 13.3. The molecule has 0 aliphatic rings. The van der Waals surface area contributed by atoms with Crippen LogP contribution in [-0.4, -0.2) is 20.8 Å². The zero-order valence-corrected chi connectivity index (χ0v) is 12.3. The first-order valence-electron chi connectivity index (χ1n) is 4.99. The fourth-order valence-corrected chi connectivity index (χ4v) is 2.62. The van der Waals surface area contributed by atoms with Gasteiger partial charge in [0.1, 0.15) is 5.82 Å². The highest BCUT2D eigenvalue weighted by molar-refractivity contribution is 9.10. The Labute approximate surface area is 117 Å². The maximum Gasteiger partial charge on any atom is 0.232 e. The van der Waals surface area contributed by atoms with Crippen LogP contribution in [0.2, 0.25) is 0 Å². The van der Waals surface area contributed by atoms with Crippen LogP contribution >= 0.6 is 26.6 Å². The van der Waals surface area contributed by atoms with Crippen LogP contribution in [0, 0.1) is 11.6 Å². The molecule has 1 aromatic carbocycles. The van der Waals surface area contributed by atoms with Crippen LogP contribution in [0.25, 0.3) is 0 Å². The quantitative estimate of drug-likeness (QED) is 0.574. The number of hydrogen-bond donors (Lipinski definition) is 0. The standard InChI is InChI=1S/C10H10BrClF2O3S/c11-8-5-7(13)6-9(14)10(8)17-3-1-2-4-18(12,15)16/h5-6H,1-4H2. The molecule has 0 heterocycles. The SMILES string of the molecule is O=S(=O)(Cl)CCCCOc1c(F)cc(F)cc1Br. The van der Waals surface area contributed by atoms with Crippen LogP contribution in [-0.2, 0) is 9.05 Å². The molecule has 1 aromatic rings. The van der Waals surface area contributed by atoms with E-state index in [0.717, 1.165) is 6.07 Å². The Morgan fingerprint density at radius 3 is 2.50 bits per heavy atom. The van der Waals surface area contributed by atoms with Gasteiger partial charge in [-0.15, -0.1) is 0 Å². The summed E-state index contributed by atoms with van der Waals surface area (Å²) >= 11 is 2.98. The Hall–Kier alpha value is -0.400. The fraction of sp³-hybridized carbons (Fsp3) is 0.400. The molecule has 0 amide bonds. The van der Waals surface area contributed by atoms with E-state index in [9.17, 15) is 17.2 Å². The van der Waals surface area contributed by atoms with E-state index in [2.05, 4.69) is 15.9 Å². The minimum atomic E-state index is -3.51. The van der Waals surface area contributed by atoms with Gasteiger partial charge in [0.05, 0.1) is 16.8 Å². The van der Waals surface area contributed by atoms with E-state index in [4.69, 9.17) is 15.4 Å². The molecule has 0 aromatic heterocycles. The summed E-state index contributed by atoms with van der Waals surface area (Å²) in [6.07, 6.45) is 0.710. The lowest BCUT2D eigenvalue weighted by molar-refractivity contribution is 0.291. The highest BCUT2D eigenvalue weighted by Gasteiger charge is 2.11. The van der Waals surface area contributed by atoms with Gasteiger partial charge in [-0.25, -0.2) is 17.2 Å². The van der Waals surface area contributed by atoms with E-state index < -0.39 is 20.7 Å². The molecule has 0 aliphatic carbocycles. The first-order valence-corrected chi connectivity index (χ1v) is 8.26. The van der Waals surface area contributed by atoms with Gasteiger partial charge < -0.3 is 4.74 Å². The Kier molecular flexibility index (Phi) is 5.81. The topological polar surface area (TPSA) is 43.4 Å². The van der Waals surface area contributed by atoms with Gasteiger partial charge in [-0.05, 0) is 34.8 Å². The van der Waals surface area contributed by atoms with E-state index >= 15 is 0 Å². The average molecular weight is 364 g/mol. The molecule has 102 valence electrons. The molecule has 0 fully saturated rings. The number of rotatable bonds is 6. The van der Waals surface area contributed by atoms with Crippen molar-refractivity contribution in [2.24, 2.45) is 0 Å². The third kappa shape index (κ3) is 5.49. The van der Waals surface area contributed by atoms with Gasteiger partial charge in [-0.1, -0.05) is 0 Å². The molecule has 0 aliphatic heterocycles. The van der Waals surface area contributed by atoms with E-state index in [0.29, 0.717) is 18.9 Å². The summed E-state index contributed by atoms with van der Waals surface area (Å²) < 4.78 is 52.6. The minimum absolute atomic E-state index is 0.0925. The monoisotopic (exact) mass is 362 g/mol. The highest BCUT2D eigenvalue weighted by Crippen LogP contribution is 2.29. The van der Waals surface area contributed by atoms with Crippen molar-refractivity contribution in [1.82, 2.24) is 0 Å². The number of ether oxygens (including phenoxy) is 1. The molecule has 0 saturated carbocycles. The summed E-state index contributed by atoms with van der Waals surface area (Å²) in [5.41, 5.74) is 0. The molecule has 8 heteroatoms. The highest BCUT2D eigenvalue weighted by atomic mass is 79.9. The van der Waals surface area contributed by atoms with Crippen LogP contribution in [0.1, 0.15) is 12.8 Å². The van der Waals surface area contributed by atoms with Crippen molar-refractivity contribution in [3.05, 3.63) is 28.2 Å². The number of halogens is 4. The molecule has 1 rings (SSSR count). The van der Waals surface area contributed by atoms with Crippen LogP contribution in [0.3, 0.4) is 0 Å². The Bertz CT molecular complexity index is 499. The summed E-state index contributed by atoms with van der Waals surface area (Å²) in [7, 11) is 1.51. The normalized spacial score (nSPS) is 11.6. The van der Waals surface area contributed by atoms with Gasteiger partial charge in [-0.2, -0.15) is 0 Å². The predicted molar refractivity (Wildman–Crippen MR) is 68.4 cm³/mol.